The van der Waals surface area contributed by atoms with E-state index in [9.17, 15) is 9.18 Å². The van der Waals surface area contributed by atoms with E-state index in [1.807, 2.05) is 54.7 Å². The zero-order valence-corrected chi connectivity index (χ0v) is 18.8. The van der Waals surface area contributed by atoms with E-state index in [0.717, 1.165) is 49.3 Å². The van der Waals surface area contributed by atoms with Gasteiger partial charge in [-0.15, -0.1) is 6.58 Å². The molecule has 4 rings (SSSR count). The SMILES string of the molecule is C=CCNC(=O)C1(Cc2ccc(-c3ccccc3F)cc2)CCN(Cc2ccccn2)CC1. The second-order valence-electron chi connectivity index (χ2n) is 8.73. The lowest BCUT2D eigenvalue weighted by Gasteiger charge is -2.40. The highest BCUT2D eigenvalue weighted by Crippen LogP contribution is 2.36. The number of hydrogen-bond acceptors (Lipinski definition) is 3. The molecule has 1 N–H and O–H groups in total. The van der Waals surface area contributed by atoms with Crippen molar-refractivity contribution in [1.29, 1.82) is 0 Å². The fourth-order valence-electron chi connectivity index (χ4n) is 4.58. The Hall–Kier alpha value is -3.31. The predicted octanol–water partition coefficient (Wildman–Crippen LogP) is 5.01. The molecule has 2 heterocycles. The lowest BCUT2D eigenvalue weighted by Crippen LogP contribution is -2.50. The van der Waals surface area contributed by atoms with Crippen LogP contribution in [0, 0.1) is 11.2 Å². The molecule has 1 aliphatic rings. The zero-order chi connectivity index (χ0) is 23.1. The van der Waals surface area contributed by atoms with Crippen LogP contribution in [0.15, 0.2) is 85.6 Å². The van der Waals surface area contributed by atoms with Crippen molar-refractivity contribution in [3.63, 3.8) is 0 Å². The first kappa shape index (κ1) is 22.9. The summed E-state index contributed by atoms with van der Waals surface area (Å²) in [6.45, 7) is 6.66. The molecular weight excluding hydrogens is 413 g/mol. The van der Waals surface area contributed by atoms with Crippen LogP contribution in [0.25, 0.3) is 11.1 Å². The Morgan fingerprint density at radius 2 is 1.79 bits per heavy atom. The van der Waals surface area contributed by atoms with Crippen molar-refractivity contribution < 1.29 is 9.18 Å². The van der Waals surface area contributed by atoms with Crippen molar-refractivity contribution in [2.75, 3.05) is 19.6 Å². The average Bonchev–Trinajstić information content (AvgIpc) is 2.85. The van der Waals surface area contributed by atoms with Crippen molar-refractivity contribution in [2.24, 2.45) is 5.41 Å². The van der Waals surface area contributed by atoms with E-state index < -0.39 is 5.41 Å². The minimum atomic E-state index is -0.469. The number of likely N-dealkylation sites (tertiary alicyclic amines) is 1. The van der Waals surface area contributed by atoms with E-state index in [4.69, 9.17) is 0 Å². The molecule has 0 radical (unpaired) electrons. The molecule has 1 saturated heterocycles. The fourth-order valence-corrected chi connectivity index (χ4v) is 4.58. The molecule has 170 valence electrons. The van der Waals surface area contributed by atoms with Gasteiger partial charge in [0.05, 0.1) is 11.1 Å². The maximum absolute atomic E-state index is 14.2. The van der Waals surface area contributed by atoms with Gasteiger partial charge in [0.2, 0.25) is 5.91 Å². The molecule has 4 nitrogen and oxygen atoms in total. The molecule has 0 unspecified atom stereocenters. The minimum absolute atomic E-state index is 0.0815. The third-order valence-electron chi connectivity index (χ3n) is 6.49. The second-order valence-corrected chi connectivity index (χ2v) is 8.73. The molecule has 0 aliphatic carbocycles. The van der Waals surface area contributed by atoms with E-state index in [1.54, 1.807) is 18.2 Å². The number of pyridine rings is 1. The van der Waals surface area contributed by atoms with Crippen LogP contribution in [-0.4, -0.2) is 35.4 Å². The quantitative estimate of drug-likeness (QED) is 0.498. The number of halogens is 1. The summed E-state index contributed by atoms with van der Waals surface area (Å²) in [5, 5.41) is 3.03. The number of piperidine rings is 1. The van der Waals surface area contributed by atoms with Crippen LogP contribution >= 0.6 is 0 Å². The second kappa shape index (κ2) is 10.5. The van der Waals surface area contributed by atoms with Gasteiger partial charge in [-0.25, -0.2) is 4.39 Å². The van der Waals surface area contributed by atoms with Crippen molar-refractivity contribution in [3.8, 4) is 11.1 Å². The number of carbonyl (C=O) groups is 1. The van der Waals surface area contributed by atoms with Gasteiger partial charge in [-0.05, 0) is 61.7 Å². The Kier molecular flexibility index (Phi) is 7.30. The first-order valence-corrected chi connectivity index (χ1v) is 11.4. The van der Waals surface area contributed by atoms with Gasteiger partial charge in [0.25, 0.3) is 0 Å². The van der Waals surface area contributed by atoms with Gasteiger partial charge in [-0.3, -0.25) is 14.7 Å². The standard InChI is InChI=1S/C28H30FN3O/c1-2-16-31-27(33)28(14-18-32(19-15-28)21-24-7-5-6-17-30-24)20-22-10-12-23(13-11-22)25-8-3-4-9-26(25)29/h2-13,17H,1,14-16,18-21H2,(H,31,33). The molecule has 0 spiro atoms. The molecule has 0 atom stereocenters. The molecule has 1 aliphatic heterocycles. The van der Waals surface area contributed by atoms with Crippen LogP contribution < -0.4 is 5.32 Å². The summed E-state index contributed by atoms with van der Waals surface area (Å²) in [5.74, 6) is -0.149. The number of amides is 1. The molecule has 3 aromatic rings. The molecule has 0 saturated carbocycles. The molecule has 5 heteroatoms. The van der Waals surface area contributed by atoms with Crippen molar-refractivity contribution in [1.82, 2.24) is 15.2 Å². The number of benzene rings is 2. The monoisotopic (exact) mass is 443 g/mol. The van der Waals surface area contributed by atoms with Crippen LogP contribution in [0.1, 0.15) is 24.1 Å². The van der Waals surface area contributed by atoms with Gasteiger partial charge in [0, 0.05) is 24.8 Å². The smallest absolute Gasteiger partial charge is 0.226 e. The van der Waals surface area contributed by atoms with Crippen molar-refractivity contribution >= 4 is 5.91 Å². The molecule has 1 amide bonds. The van der Waals surface area contributed by atoms with Crippen LogP contribution in [0.3, 0.4) is 0 Å². The first-order valence-electron chi connectivity index (χ1n) is 11.4. The van der Waals surface area contributed by atoms with Gasteiger partial charge in [-0.1, -0.05) is 54.6 Å². The third kappa shape index (κ3) is 5.55. The Balaban J connectivity index is 1.49. The highest BCUT2D eigenvalue weighted by molar-refractivity contribution is 5.83. The summed E-state index contributed by atoms with van der Waals surface area (Å²) in [4.78, 5) is 20.0. The van der Waals surface area contributed by atoms with Crippen LogP contribution in [-0.2, 0) is 17.8 Å². The normalized spacial score (nSPS) is 15.7. The highest BCUT2D eigenvalue weighted by atomic mass is 19.1. The van der Waals surface area contributed by atoms with Gasteiger partial charge < -0.3 is 5.32 Å². The molecule has 2 aromatic carbocycles. The van der Waals surface area contributed by atoms with E-state index >= 15 is 0 Å². The van der Waals surface area contributed by atoms with Gasteiger partial charge in [0.15, 0.2) is 0 Å². The first-order chi connectivity index (χ1) is 16.1. The van der Waals surface area contributed by atoms with Crippen LogP contribution in [0.4, 0.5) is 4.39 Å². The topological polar surface area (TPSA) is 45.2 Å². The average molecular weight is 444 g/mol. The third-order valence-corrected chi connectivity index (χ3v) is 6.49. The summed E-state index contributed by atoms with van der Waals surface area (Å²) in [6, 6.07) is 20.7. The number of rotatable bonds is 8. The van der Waals surface area contributed by atoms with Crippen molar-refractivity contribution in [3.05, 3.63) is 103 Å². The number of nitrogens with one attached hydrogen (secondary N) is 1. The Labute approximate surface area is 195 Å². The lowest BCUT2D eigenvalue weighted by molar-refractivity contribution is -0.133. The Morgan fingerprint density at radius 1 is 1.06 bits per heavy atom. The predicted molar refractivity (Wildman–Crippen MR) is 130 cm³/mol. The fraction of sp³-hybridized carbons (Fsp3) is 0.286. The summed E-state index contributed by atoms with van der Waals surface area (Å²) in [6.07, 6.45) is 5.74. The summed E-state index contributed by atoms with van der Waals surface area (Å²) < 4.78 is 14.2. The van der Waals surface area contributed by atoms with E-state index in [0.29, 0.717) is 18.5 Å². The Morgan fingerprint density at radius 3 is 2.45 bits per heavy atom. The maximum atomic E-state index is 14.2. The summed E-state index contributed by atoms with van der Waals surface area (Å²) in [7, 11) is 0. The van der Waals surface area contributed by atoms with E-state index in [-0.39, 0.29) is 11.7 Å². The number of nitrogens with zero attached hydrogens (tertiary/aromatic N) is 2. The van der Waals surface area contributed by atoms with E-state index in [1.165, 1.54) is 6.07 Å². The van der Waals surface area contributed by atoms with Gasteiger partial charge >= 0.3 is 0 Å². The van der Waals surface area contributed by atoms with Crippen LogP contribution in [0.5, 0.6) is 0 Å². The van der Waals surface area contributed by atoms with Crippen LogP contribution in [0.2, 0.25) is 0 Å². The molecule has 1 fully saturated rings. The molecular formula is C28H30FN3O. The van der Waals surface area contributed by atoms with E-state index in [2.05, 4.69) is 21.8 Å². The number of aromatic nitrogens is 1. The molecule has 0 bridgehead atoms. The van der Waals surface area contributed by atoms with Gasteiger partial charge in [0.1, 0.15) is 5.82 Å². The minimum Gasteiger partial charge on any atom is -0.352 e. The molecule has 33 heavy (non-hydrogen) atoms. The number of carbonyl (C=O) groups excluding carboxylic acids is 1. The zero-order valence-electron chi connectivity index (χ0n) is 18.8. The van der Waals surface area contributed by atoms with Crippen molar-refractivity contribution in [2.45, 2.75) is 25.8 Å². The number of hydrogen-bond donors (Lipinski definition) is 1. The molecule has 1 aromatic heterocycles. The summed E-state index contributed by atoms with van der Waals surface area (Å²) >= 11 is 0. The Bertz CT molecular complexity index is 1070. The van der Waals surface area contributed by atoms with Gasteiger partial charge in [-0.2, -0.15) is 0 Å². The lowest BCUT2D eigenvalue weighted by atomic mass is 9.72. The largest absolute Gasteiger partial charge is 0.352 e. The maximum Gasteiger partial charge on any atom is 0.226 e. The highest BCUT2D eigenvalue weighted by Gasteiger charge is 2.41. The summed E-state index contributed by atoms with van der Waals surface area (Å²) in [5.41, 5.74) is 3.09.